The summed E-state index contributed by atoms with van der Waals surface area (Å²) in [7, 11) is 0. The van der Waals surface area contributed by atoms with Gasteiger partial charge in [-0.05, 0) is 55.0 Å². The summed E-state index contributed by atoms with van der Waals surface area (Å²) in [6.45, 7) is 2.64. The van der Waals surface area contributed by atoms with Crippen molar-refractivity contribution in [3.63, 3.8) is 0 Å². The van der Waals surface area contributed by atoms with Crippen LogP contribution in [0.15, 0.2) is 58.8 Å². The van der Waals surface area contributed by atoms with Crippen LogP contribution in [0.2, 0.25) is 0 Å². The van der Waals surface area contributed by atoms with Crippen molar-refractivity contribution >= 4 is 23.3 Å². The van der Waals surface area contributed by atoms with Crippen LogP contribution in [0, 0.1) is 0 Å². The quantitative estimate of drug-likeness (QED) is 0.791. The highest BCUT2D eigenvalue weighted by atomic mass is 16.4. The normalized spacial score (nSPS) is 10.7. The molecule has 0 saturated carbocycles. The molecule has 2 aromatic carbocycles. The monoisotopic (exact) mass is 311 g/mol. The van der Waals surface area contributed by atoms with E-state index in [2.05, 4.69) is 15.5 Å². The molecule has 0 heterocycles. The van der Waals surface area contributed by atoms with Crippen molar-refractivity contribution in [2.75, 3.05) is 6.54 Å². The molecule has 23 heavy (non-hydrogen) atoms. The molecule has 6 heteroatoms. The summed E-state index contributed by atoms with van der Waals surface area (Å²) in [5, 5.41) is 19.7. The van der Waals surface area contributed by atoms with E-state index in [0.717, 1.165) is 6.42 Å². The lowest BCUT2D eigenvalue weighted by Gasteiger charge is -2.03. The molecule has 0 unspecified atom stereocenters. The molecule has 118 valence electrons. The predicted octanol–water partition coefficient (Wildman–Crippen LogP) is 3.94. The molecular weight excluding hydrogens is 294 g/mol. The molecule has 1 amide bonds. The Morgan fingerprint density at radius 2 is 1.39 bits per heavy atom. The van der Waals surface area contributed by atoms with E-state index in [0.29, 0.717) is 23.5 Å². The van der Waals surface area contributed by atoms with E-state index in [-0.39, 0.29) is 11.5 Å². The highest BCUT2D eigenvalue weighted by Gasteiger charge is 2.04. The summed E-state index contributed by atoms with van der Waals surface area (Å²) in [6, 6.07) is 12.9. The highest BCUT2D eigenvalue weighted by molar-refractivity contribution is 5.94. The van der Waals surface area contributed by atoms with Gasteiger partial charge in [0.2, 0.25) is 0 Å². The lowest BCUT2D eigenvalue weighted by atomic mass is 10.2. The van der Waals surface area contributed by atoms with Crippen LogP contribution < -0.4 is 5.32 Å². The number of nitrogens with one attached hydrogen (secondary N) is 1. The molecule has 0 aliphatic carbocycles. The fraction of sp³-hybridized carbons (Fsp3) is 0.176. The van der Waals surface area contributed by atoms with Gasteiger partial charge in [0, 0.05) is 12.1 Å². The van der Waals surface area contributed by atoms with Crippen LogP contribution in [-0.2, 0) is 0 Å². The van der Waals surface area contributed by atoms with E-state index in [1.54, 1.807) is 36.4 Å². The van der Waals surface area contributed by atoms with Gasteiger partial charge in [-0.3, -0.25) is 4.79 Å². The lowest BCUT2D eigenvalue weighted by Crippen LogP contribution is -2.23. The molecule has 0 aliphatic heterocycles. The molecule has 6 nitrogen and oxygen atoms in total. The third kappa shape index (κ3) is 4.74. The predicted molar refractivity (Wildman–Crippen MR) is 86.6 cm³/mol. The molecule has 0 bridgehead atoms. The van der Waals surface area contributed by atoms with Crippen LogP contribution in [0.5, 0.6) is 0 Å². The number of benzene rings is 2. The zero-order valence-corrected chi connectivity index (χ0v) is 12.7. The minimum atomic E-state index is -0.981. The molecule has 0 aromatic heterocycles. The number of hydrogen-bond donors (Lipinski definition) is 2. The summed E-state index contributed by atoms with van der Waals surface area (Å²) in [4.78, 5) is 22.5. The Bertz CT molecular complexity index is 707. The van der Waals surface area contributed by atoms with Gasteiger partial charge < -0.3 is 10.4 Å². The van der Waals surface area contributed by atoms with Gasteiger partial charge in [0.25, 0.3) is 5.91 Å². The Hall–Kier alpha value is -3.02. The van der Waals surface area contributed by atoms with Crippen LogP contribution in [0.3, 0.4) is 0 Å². The molecule has 2 aromatic rings. The van der Waals surface area contributed by atoms with Crippen LogP contribution in [0.1, 0.15) is 34.1 Å². The van der Waals surface area contributed by atoms with Gasteiger partial charge >= 0.3 is 5.97 Å². The number of azo groups is 1. The standard InChI is InChI=1S/C17H17N3O3/c1-2-11-18-16(21)12-3-7-14(8-4-12)19-20-15-9-5-13(6-10-15)17(22)23/h3-10H,2,11H2,1H3,(H,18,21)(H,22,23). The topological polar surface area (TPSA) is 91.1 Å². The number of aromatic carboxylic acids is 1. The lowest BCUT2D eigenvalue weighted by molar-refractivity contribution is 0.0696. The van der Waals surface area contributed by atoms with E-state index >= 15 is 0 Å². The van der Waals surface area contributed by atoms with Crippen molar-refractivity contribution < 1.29 is 14.7 Å². The Balaban J connectivity index is 2.02. The van der Waals surface area contributed by atoms with Gasteiger partial charge in [-0.2, -0.15) is 10.2 Å². The van der Waals surface area contributed by atoms with Crippen molar-refractivity contribution in [3.8, 4) is 0 Å². The molecule has 2 N–H and O–H groups in total. The third-order valence-electron chi connectivity index (χ3n) is 3.06. The van der Waals surface area contributed by atoms with Crippen LogP contribution in [-0.4, -0.2) is 23.5 Å². The zero-order chi connectivity index (χ0) is 16.7. The minimum absolute atomic E-state index is 0.111. The Morgan fingerprint density at radius 1 is 0.913 bits per heavy atom. The summed E-state index contributed by atoms with van der Waals surface area (Å²) in [6.07, 6.45) is 0.888. The molecule has 0 atom stereocenters. The molecule has 0 saturated heterocycles. The second kappa shape index (κ2) is 7.84. The smallest absolute Gasteiger partial charge is 0.335 e. The van der Waals surface area contributed by atoms with Gasteiger partial charge in [-0.1, -0.05) is 6.92 Å². The Kier molecular flexibility index (Phi) is 5.57. The number of amides is 1. The molecule has 0 spiro atoms. The summed E-state index contributed by atoms with van der Waals surface area (Å²) < 4.78 is 0. The SMILES string of the molecule is CCCNC(=O)c1ccc(N=Nc2ccc(C(=O)O)cc2)cc1. The molecule has 0 radical (unpaired) electrons. The first-order valence-electron chi connectivity index (χ1n) is 7.23. The third-order valence-corrected chi connectivity index (χ3v) is 3.06. The second-order valence-electron chi connectivity index (χ2n) is 4.85. The first kappa shape index (κ1) is 16.4. The second-order valence-corrected chi connectivity index (χ2v) is 4.85. The van der Waals surface area contributed by atoms with Crippen molar-refractivity contribution in [1.29, 1.82) is 0 Å². The molecular formula is C17H17N3O3. The van der Waals surface area contributed by atoms with E-state index < -0.39 is 5.97 Å². The minimum Gasteiger partial charge on any atom is -0.478 e. The Labute approximate surface area is 133 Å². The highest BCUT2D eigenvalue weighted by Crippen LogP contribution is 2.19. The first-order chi connectivity index (χ1) is 11.1. The van der Waals surface area contributed by atoms with Gasteiger partial charge in [0.05, 0.1) is 16.9 Å². The molecule has 0 aliphatic rings. The Morgan fingerprint density at radius 3 is 1.83 bits per heavy atom. The summed E-state index contributed by atoms with van der Waals surface area (Å²) in [5.74, 6) is -1.09. The number of hydrogen-bond acceptors (Lipinski definition) is 4. The largest absolute Gasteiger partial charge is 0.478 e. The number of carbonyl (C=O) groups excluding carboxylic acids is 1. The van der Waals surface area contributed by atoms with Crippen LogP contribution in [0.25, 0.3) is 0 Å². The fourth-order valence-corrected chi connectivity index (χ4v) is 1.81. The van der Waals surface area contributed by atoms with Gasteiger partial charge in [0.15, 0.2) is 0 Å². The van der Waals surface area contributed by atoms with Crippen molar-refractivity contribution in [1.82, 2.24) is 5.32 Å². The molecule has 0 fully saturated rings. The maximum Gasteiger partial charge on any atom is 0.335 e. The van der Waals surface area contributed by atoms with E-state index in [1.165, 1.54) is 12.1 Å². The van der Waals surface area contributed by atoms with E-state index in [1.807, 2.05) is 6.92 Å². The van der Waals surface area contributed by atoms with Crippen LogP contribution in [0.4, 0.5) is 11.4 Å². The number of nitrogens with zero attached hydrogens (tertiary/aromatic N) is 2. The maximum absolute atomic E-state index is 11.8. The number of carbonyl (C=O) groups is 2. The number of rotatable bonds is 6. The fourth-order valence-electron chi connectivity index (χ4n) is 1.81. The van der Waals surface area contributed by atoms with Crippen molar-refractivity contribution in [3.05, 3.63) is 59.7 Å². The van der Waals surface area contributed by atoms with Gasteiger partial charge in [-0.25, -0.2) is 4.79 Å². The van der Waals surface area contributed by atoms with Crippen molar-refractivity contribution in [2.45, 2.75) is 13.3 Å². The van der Waals surface area contributed by atoms with Gasteiger partial charge in [-0.15, -0.1) is 0 Å². The number of carboxylic acids is 1. The molecule has 2 rings (SSSR count). The van der Waals surface area contributed by atoms with E-state index in [9.17, 15) is 9.59 Å². The van der Waals surface area contributed by atoms with Crippen LogP contribution >= 0.6 is 0 Å². The summed E-state index contributed by atoms with van der Waals surface area (Å²) in [5.41, 5.74) is 1.94. The average molecular weight is 311 g/mol. The van der Waals surface area contributed by atoms with Crippen molar-refractivity contribution in [2.24, 2.45) is 10.2 Å². The maximum atomic E-state index is 11.8. The van der Waals surface area contributed by atoms with Gasteiger partial charge in [0.1, 0.15) is 0 Å². The number of carboxylic acid groups (broad SMARTS) is 1. The zero-order valence-electron chi connectivity index (χ0n) is 12.7. The first-order valence-corrected chi connectivity index (χ1v) is 7.23. The van der Waals surface area contributed by atoms with E-state index in [4.69, 9.17) is 5.11 Å². The average Bonchev–Trinajstić information content (AvgIpc) is 2.58. The summed E-state index contributed by atoms with van der Waals surface area (Å²) >= 11 is 0.